The van der Waals surface area contributed by atoms with E-state index < -0.39 is 6.10 Å². The Morgan fingerprint density at radius 2 is 1.64 bits per heavy atom. The molecule has 4 rings (SSSR count). The predicted molar refractivity (Wildman–Crippen MR) is 127 cm³/mol. The van der Waals surface area contributed by atoms with Crippen LogP contribution in [0.25, 0.3) is 11.4 Å². The molecule has 1 unspecified atom stereocenters. The summed E-state index contributed by atoms with van der Waals surface area (Å²) in [5.41, 5.74) is 3.54. The van der Waals surface area contributed by atoms with Crippen molar-refractivity contribution in [2.45, 2.75) is 19.1 Å². The van der Waals surface area contributed by atoms with E-state index in [0.717, 1.165) is 29.7 Å². The third kappa shape index (κ3) is 6.35. The summed E-state index contributed by atoms with van der Waals surface area (Å²) in [6, 6.07) is 26.8. The van der Waals surface area contributed by atoms with E-state index in [4.69, 9.17) is 0 Å². The molecule has 0 bridgehead atoms. The van der Waals surface area contributed by atoms with Crippen molar-refractivity contribution in [3.8, 4) is 11.4 Å². The summed E-state index contributed by atoms with van der Waals surface area (Å²) in [6.45, 7) is 1.51. The van der Waals surface area contributed by atoms with Crippen LogP contribution in [0.4, 0.5) is 0 Å². The molecule has 4 N–H and O–H groups in total. The van der Waals surface area contributed by atoms with Crippen LogP contribution in [-0.2, 0) is 13.0 Å². The molecule has 0 radical (unpaired) electrons. The average Bonchev–Trinajstić information content (AvgIpc) is 3.36. The Balaban J connectivity index is 1.20. The van der Waals surface area contributed by atoms with Gasteiger partial charge in [-0.05, 0) is 36.2 Å². The maximum absolute atomic E-state index is 12.5. The highest BCUT2D eigenvalue weighted by Gasteiger charge is 2.09. The number of nitrogens with one attached hydrogen (secondary N) is 3. The van der Waals surface area contributed by atoms with Gasteiger partial charge in [-0.15, -0.1) is 0 Å². The van der Waals surface area contributed by atoms with E-state index in [9.17, 15) is 9.90 Å². The lowest BCUT2D eigenvalue weighted by molar-refractivity contribution is 0.0950. The van der Waals surface area contributed by atoms with Crippen LogP contribution in [0.2, 0.25) is 0 Å². The number of aliphatic hydroxyl groups is 1. The van der Waals surface area contributed by atoms with Gasteiger partial charge < -0.3 is 15.7 Å². The Hall–Kier alpha value is -3.81. The second kappa shape index (κ2) is 11.2. The molecule has 4 aromatic rings. The third-order valence-corrected chi connectivity index (χ3v) is 5.31. The van der Waals surface area contributed by atoms with E-state index in [-0.39, 0.29) is 12.5 Å². The van der Waals surface area contributed by atoms with Gasteiger partial charge in [0.2, 0.25) is 0 Å². The van der Waals surface area contributed by atoms with E-state index in [2.05, 4.69) is 25.8 Å². The number of aromatic nitrogens is 3. The molecule has 0 aliphatic carbocycles. The van der Waals surface area contributed by atoms with E-state index >= 15 is 0 Å². The molecular weight excluding hydrogens is 414 g/mol. The van der Waals surface area contributed by atoms with Crippen LogP contribution in [0.1, 0.15) is 33.4 Å². The number of H-pyrrole nitrogens is 1. The molecule has 1 atom stereocenters. The van der Waals surface area contributed by atoms with Crippen molar-refractivity contribution in [2.24, 2.45) is 0 Å². The summed E-state index contributed by atoms with van der Waals surface area (Å²) < 4.78 is 0. The molecule has 1 aromatic heterocycles. The number of rotatable bonds is 10. The number of hydrogen-bond acceptors (Lipinski definition) is 5. The minimum atomic E-state index is -0.523. The molecule has 7 heteroatoms. The number of carbonyl (C=O) groups excluding carboxylic acids is 1. The molecule has 0 fully saturated rings. The molecule has 7 nitrogen and oxygen atoms in total. The normalized spacial score (nSPS) is 11.8. The number of carbonyl (C=O) groups is 1. The Kier molecular flexibility index (Phi) is 7.58. The van der Waals surface area contributed by atoms with Crippen LogP contribution in [0.3, 0.4) is 0 Å². The topological polar surface area (TPSA) is 103 Å². The van der Waals surface area contributed by atoms with Crippen LogP contribution in [0, 0.1) is 0 Å². The molecule has 33 heavy (non-hydrogen) atoms. The SMILES string of the molecule is O=C(NCc1nc(-c2ccccc2)n[nH]1)c1ccc(CCNCC(O)c2ccccc2)cc1. The Morgan fingerprint density at radius 3 is 2.36 bits per heavy atom. The second-order valence-corrected chi connectivity index (χ2v) is 7.73. The maximum Gasteiger partial charge on any atom is 0.251 e. The lowest BCUT2D eigenvalue weighted by Gasteiger charge is -2.12. The first kappa shape index (κ1) is 22.4. The summed E-state index contributed by atoms with van der Waals surface area (Å²) in [4.78, 5) is 16.9. The Bertz CT molecular complexity index is 1140. The highest BCUT2D eigenvalue weighted by Crippen LogP contribution is 2.13. The minimum Gasteiger partial charge on any atom is -0.387 e. The molecule has 0 aliphatic heterocycles. The first-order valence-corrected chi connectivity index (χ1v) is 11.0. The van der Waals surface area contributed by atoms with Crippen molar-refractivity contribution in [3.63, 3.8) is 0 Å². The lowest BCUT2D eigenvalue weighted by atomic mass is 10.1. The molecule has 168 valence electrons. The van der Waals surface area contributed by atoms with Crippen LogP contribution in [0.15, 0.2) is 84.9 Å². The monoisotopic (exact) mass is 441 g/mol. The number of hydrogen-bond donors (Lipinski definition) is 4. The van der Waals surface area contributed by atoms with Gasteiger partial charge in [0.05, 0.1) is 12.6 Å². The van der Waals surface area contributed by atoms with E-state index in [1.165, 1.54) is 0 Å². The Labute approximate surface area is 192 Å². The lowest BCUT2D eigenvalue weighted by Crippen LogP contribution is -2.24. The van der Waals surface area contributed by atoms with Crippen LogP contribution in [-0.4, -0.2) is 39.3 Å². The average molecular weight is 442 g/mol. The maximum atomic E-state index is 12.5. The fraction of sp³-hybridized carbons (Fsp3) is 0.192. The standard InChI is InChI=1S/C26H27N5O2/c32-23(20-7-3-1-4-8-20)17-27-16-15-19-11-13-22(14-12-19)26(33)28-18-24-29-25(31-30-24)21-9-5-2-6-10-21/h1-14,23,27,32H,15-18H2,(H,28,33)(H,29,30,31). The number of aromatic amines is 1. The number of aliphatic hydroxyl groups excluding tert-OH is 1. The summed E-state index contributed by atoms with van der Waals surface area (Å²) in [5.74, 6) is 1.04. The molecule has 0 saturated heterocycles. The van der Waals surface area contributed by atoms with Crippen molar-refractivity contribution < 1.29 is 9.90 Å². The molecular formula is C26H27N5O2. The van der Waals surface area contributed by atoms with Gasteiger partial charge in [-0.25, -0.2) is 4.98 Å². The van der Waals surface area contributed by atoms with Crippen molar-refractivity contribution in [1.29, 1.82) is 0 Å². The van der Waals surface area contributed by atoms with Gasteiger partial charge in [0, 0.05) is 17.7 Å². The molecule has 1 amide bonds. The van der Waals surface area contributed by atoms with Crippen molar-refractivity contribution >= 4 is 5.91 Å². The smallest absolute Gasteiger partial charge is 0.251 e. The second-order valence-electron chi connectivity index (χ2n) is 7.73. The highest BCUT2D eigenvalue weighted by atomic mass is 16.3. The number of amides is 1. The molecule has 0 spiro atoms. The molecule has 3 aromatic carbocycles. The van der Waals surface area contributed by atoms with Gasteiger partial charge in [-0.3, -0.25) is 9.89 Å². The summed E-state index contributed by atoms with van der Waals surface area (Å²) >= 11 is 0. The van der Waals surface area contributed by atoms with E-state index in [1.54, 1.807) is 0 Å². The zero-order valence-electron chi connectivity index (χ0n) is 18.2. The summed E-state index contributed by atoms with van der Waals surface area (Å²) in [5, 5.41) is 23.4. The summed E-state index contributed by atoms with van der Waals surface area (Å²) in [7, 11) is 0. The van der Waals surface area contributed by atoms with Gasteiger partial charge in [-0.2, -0.15) is 5.10 Å². The zero-order chi connectivity index (χ0) is 22.9. The minimum absolute atomic E-state index is 0.164. The van der Waals surface area contributed by atoms with E-state index in [0.29, 0.717) is 23.8 Å². The van der Waals surface area contributed by atoms with Gasteiger partial charge in [-0.1, -0.05) is 72.8 Å². The highest BCUT2D eigenvalue weighted by molar-refractivity contribution is 5.94. The van der Waals surface area contributed by atoms with Gasteiger partial charge in [0.1, 0.15) is 5.82 Å². The third-order valence-electron chi connectivity index (χ3n) is 5.31. The fourth-order valence-corrected chi connectivity index (χ4v) is 3.44. The van der Waals surface area contributed by atoms with Crippen molar-refractivity contribution in [3.05, 3.63) is 107 Å². The summed E-state index contributed by atoms with van der Waals surface area (Å²) in [6.07, 6.45) is 0.286. The first-order valence-electron chi connectivity index (χ1n) is 11.0. The van der Waals surface area contributed by atoms with Crippen molar-refractivity contribution in [1.82, 2.24) is 25.8 Å². The molecule has 0 saturated carbocycles. The molecule has 0 aliphatic rings. The number of nitrogens with zero attached hydrogens (tertiary/aromatic N) is 2. The van der Waals surface area contributed by atoms with Gasteiger partial charge in [0.15, 0.2) is 5.82 Å². The van der Waals surface area contributed by atoms with Gasteiger partial charge in [0.25, 0.3) is 5.91 Å². The van der Waals surface area contributed by atoms with Crippen LogP contribution < -0.4 is 10.6 Å². The van der Waals surface area contributed by atoms with Crippen molar-refractivity contribution in [2.75, 3.05) is 13.1 Å². The first-order chi connectivity index (χ1) is 16.2. The van der Waals surface area contributed by atoms with Crippen LogP contribution in [0.5, 0.6) is 0 Å². The zero-order valence-corrected chi connectivity index (χ0v) is 18.2. The fourth-order valence-electron chi connectivity index (χ4n) is 3.44. The molecule has 1 heterocycles. The van der Waals surface area contributed by atoms with Gasteiger partial charge >= 0.3 is 0 Å². The predicted octanol–water partition coefficient (Wildman–Crippen LogP) is 3.27. The van der Waals surface area contributed by atoms with Crippen LogP contribution >= 0.6 is 0 Å². The van der Waals surface area contributed by atoms with E-state index in [1.807, 2.05) is 84.9 Å². The number of benzene rings is 3. The quantitative estimate of drug-likeness (QED) is 0.283. The largest absolute Gasteiger partial charge is 0.387 e. The Morgan fingerprint density at radius 1 is 0.939 bits per heavy atom.